The standard InChI is InChI=1S/C23H29.2C10H6Cl.C5H5.CH2.2ClH.Zr/c1-14-9-16-11-17-10-15(2)21(23(6,7)8)13-19(17)18(16)12-20(14)22(3,4)5;2*11-10-7-3-5-8-4-1-2-6-9(8)10;1-2-4-5-3-1;;;;/h9,12-13H,11H2,1-8H3;2*1-4,6-7H;1-3H,4H2;1H2;2*1H;. The summed E-state index contributed by atoms with van der Waals surface area (Å²) in [6, 6.07) is 34.0. The van der Waals surface area contributed by atoms with Crippen LogP contribution in [-0.2, 0) is 35.5 Å². The molecule has 8 rings (SSSR count). The Balaban J connectivity index is 0.00000249. The van der Waals surface area contributed by atoms with E-state index in [1.165, 1.54) is 68.4 Å². The summed E-state index contributed by atoms with van der Waals surface area (Å²) >= 11 is 8.80. The summed E-state index contributed by atoms with van der Waals surface area (Å²) < 4.78 is 11.6. The predicted octanol–water partition coefficient (Wildman–Crippen LogP) is 13.2. The molecule has 0 N–H and O–H groups in total. The van der Waals surface area contributed by atoms with E-state index in [9.17, 15) is 0 Å². The van der Waals surface area contributed by atoms with Gasteiger partial charge in [-0.25, -0.2) is 0 Å². The summed E-state index contributed by atoms with van der Waals surface area (Å²) in [6.45, 7) is 18.8. The number of benzene rings is 6. The van der Waals surface area contributed by atoms with Gasteiger partial charge in [0.15, 0.2) is 0 Å². The topological polar surface area (TPSA) is 0 Å². The molecule has 0 saturated carbocycles. The molecule has 0 fully saturated rings. The predicted molar refractivity (Wildman–Crippen MR) is 242 cm³/mol. The molecule has 0 heterocycles. The first-order valence-corrected chi connectivity index (χ1v) is 26.0. The Morgan fingerprint density at radius 1 is 0.630 bits per heavy atom. The third-order valence-corrected chi connectivity index (χ3v) is 29.8. The number of hydrogen-bond donors (Lipinski definition) is 0. The van der Waals surface area contributed by atoms with Crippen molar-refractivity contribution in [3.8, 4) is 11.1 Å². The van der Waals surface area contributed by atoms with Crippen LogP contribution in [0.3, 0.4) is 0 Å². The third-order valence-electron chi connectivity index (χ3n) is 12.4. The van der Waals surface area contributed by atoms with Gasteiger partial charge in [0.2, 0.25) is 0 Å². The Bertz CT molecular complexity index is 2550. The Labute approximate surface area is 345 Å². The van der Waals surface area contributed by atoms with Crippen molar-refractivity contribution < 1.29 is 18.3 Å². The van der Waals surface area contributed by atoms with Gasteiger partial charge in [-0.3, -0.25) is 0 Å². The second kappa shape index (κ2) is 14.0. The van der Waals surface area contributed by atoms with E-state index in [4.69, 9.17) is 27.4 Å². The number of aryl methyl sites for hydroxylation is 1. The molecule has 0 bridgehead atoms. The molecule has 6 aromatic rings. The van der Waals surface area contributed by atoms with Gasteiger partial charge < -0.3 is 0 Å². The van der Waals surface area contributed by atoms with Gasteiger partial charge >= 0.3 is 323 Å². The molecule has 0 amide bonds. The quantitative estimate of drug-likeness (QED) is 0.165. The summed E-state index contributed by atoms with van der Waals surface area (Å²) in [7, 11) is 0. The van der Waals surface area contributed by atoms with E-state index >= 15 is 0 Å². The first kappa shape index (κ1) is 40.9. The van der Waals surface area contributed by atoms with Crippen molar-refractivity contribution in [1.82, 2.24) is 0 Å². The molecule has 278 valence electrons. The fourth-order valence-electron chi connectivity index (χ4n) is 10.2. The van der Waals surface area contributed by atoms with E-state index < -0.39 is 18.3 Å². The maximum absolute atomic E-state index is 7.09. The van der Waals surface area contributed by atoms with E-state index in [0.717, 1.165) is 33.7 Å². The van der Waals surface area contributed by atoms with Crippen LogP contribution in [0.2, 0.25) is 10.0 Å². The first-order chi connectivity index (χ1) is 24.5. The van der Waals surface area contributed by atoms with E-state index in [2.05, 4.69) is 165 Å². The molecule has 0 unspecified atom stereocenters. The summed E-state index contributed by atoms with van der Waals surface area (Å²) in [5.74, 6) is 0. The van der Waals surface area contributed by atoms with Gasteiger partial charge in [0.1, 0.15) is 0 Å². The third kappa shape index (κ3) is 5.82. The minimum absolute atomic E-state index is 0. The van der Waals surface area contributed by atoms with Crippen LogP contribution in [0.4, 0.5) is 0 Å². The van der Waals surface area contributed by atoms with E-state index in [1.54, 1.807) is 0 Å². The summed E-state index contributed by atoms with van der Waals surface area (Å²) in [6.07, 6.45) is 8.76. The van der Waals surface area contributed by atoms with Gasteiger partial charge in [-0.05, 0) is 0 Å². The van der Waals surface area contributed by atoms with Crippen molar-refractivity contribution in [2.24, 2.45) is 0 Å². The van der Waals surface area contributed by atoms with Crippen molar-refractivity contribution in [1.29, 1.82) is 0 Å². The van der Waals surface area contributed by atoms with Crippen LogP contribution >= 0.6 is 48.0 Å². The first-order valence-electron chi connectivity index (χ1n) is 18.6. The molecule has 0 aromatic heterocycles. The Hall–Kier alpha value is -2.77. The average molecular weight is 872 g/mol. The van der Waals surface area contributed by atoms with Gasteiger partial charge in [-0.1, -0.05) is 0 Å². The monoisotopic (exact) mass is 868 g/mol. The fourth-order valence-corrected chi connectivity index (χ4v) is 28.5. The Kier molecular flexibility index (Phi) is 10.6. The molecule has 0 aliphatic heterocycles. The van der Waals surface area contributed by atoms with Crippen molar-refractivity contribution in [3.05, 3.63) is 156 Å². The normalized spacial score (nSPS) is 14.1. The van der Waals surface area contributed by atoms with Gasteiger partial charge in [0.05, 0.1) is 0 Å². The zero-order valence-corrected chi connectivity index (χ0v) is 38.2. The molecule has 0 atom stereocenters. The van der Waals surface area contributed by atoms with Crippen molar-refractivity contribution >= 4 is 83.6 Å². The van der Waals surface area contributed by atoms with E-state index in [0.29, 0.717) is 0 Å². The summed E-state index contributed by atoms with van der Waals surface area (Å²) in [4.78, 5) is 0. The van der Waals surface area contributed by atoms with Crippen LogP contribution < -0.4 is 9.81 Å². The minimum atomic E-state index is -5.38. The number of rotatable bonds is 4. The molecule has 54 heavy (non-hydrogen) atoms. The van der Waals surface area contributed by atoms with Crippen LogP contribution in [0.5, 0.6) is 0 Å². The van der Waals surface area contributed by atoms with Crippen molar-refractivity contribution in [3.63, 3.8) is 0 Å². The Morgan fingerprint density at radius 2 is 1.13 bits per heavy atom. The van der Waals surface area contributed by atoms with E-state index in [-0.39, 0.29) is 35.6 Å². The zero-order chi connectivity index (χ0) is 37.0. The van der Waals surface area contributed by atoms with Crippen LogP contribution in [0.15, 0.2) is 113 Å². The summed E-state index contributed by atoms with van der Waals surface area (Å²) in [5.41, 5.74) is 11.1. The fraction of sp³-hybridized carbons (Fsp3) is 0.245. The number of halogens is 4. The molecule has 2 aliphatic rings. The van der Waals surface area contributed by atoms with Crippen LogP contribution in [0, 0.1) is 13.8 Å². The molecule has 0 radical (unpaired) electrons. The van der Waals surface area contributed by atoms with Gasteiger partial charge in [-0.2, -0.15) is 0 Å². The molecule has 0 spiro atoms. The van der Waals surface area contributed by atoms with Gasteiger partial charge in [0.25, 0.3) is 0 Å². The number of fused-ring (bicyclic) bond motifs is 5. The molecule has 0 saturated heterocycles. The zero-order valence-electron chi connectivity index (χ0n) is 32.6. The van der Waals surface area contributed by atoms with Crippen LogP contribution in [-0.4, -0.2) is 4.21 Å². The maximum atomic E-state index is 7.09. The van der Waals surface area contributed by atoms with Crippen molar-refractivity contribution in [2.75, 3.05) is 0 Å². The second-order valence-electron chi connectivity index (χ2n) is 17.5. The van der Waals surface area contributed by atoms with Crippen LogP contribution in [0.25, 0.3) is 32.7 Å². The molecule has 5 heteroatoms. The average Bonchev–Trinajstić information content (AvgIpc) is 3.76. The molecule has 2 aliphatic carbocycles. The molecular weight excluding hydrogens is 822 g/mol. The van der Waals surface area contributed by atoms with Gasteiger partial charge in [-0.15, -0.1) is 24.8 Å². The van der Waals surface area contributed by atoms with E-state index in [1.807, 2.05) is 0 Å². The SMILES string of the molecule is Cl.Cl.[CH2]=[Zr]([C]1=CC=CC1)([c]1c(C)c(C(C)(C)C)cc2c1Cc1cc(C)c(C(C)(C)C)cc1-2)([c]1ccc(Cl)c2ccccc12)[c]1ccc(Cl)c2ccccc12. The van der Waals surface area contributed by atoms with Crippen LogP contribution in [0.1, 0.15) is 81.3 Å². The number of hydrogen-bond acceptors (Lipinski definition) is 0. The Morgan fingerprint density at radius 3 is 1.61 bits per heavy atom. The molecule has 6 aromatic carbocycles. The number of allylic oxidation sites excluding steroid dienone is 4. The molecular formula is C49H50Cl4Zr. The van der Waals surface area contributed by atoms with Crippen molar-refractivity contribution in [2.45, 2.75) is 79.1 Å². The van der Waals surface area contributed by atoms with Gasteiger partial charge in [0, 0.05) is 0 Å². The second-order valence-corrected chi connectivity index (χ2v) is 30.9. The summed E-state index contributed by atoms with van der Waals surface area (Å²) in [5, 5.41) is 6.07. The molecule has 0 nitrogen and oxygen atoms in total.